The molecule has 80 valence electrons. The molecule has 1 aromatic carbocycles. The van der Waals surface area contributed by atoms with Crippen LogP contribution in [0.4, 0.5) is 0 Å². The van der Waals surface area contributed by atoms with Crippen molar-refractivity contribution in [2.24, 2.45) is 0 Å². The second-order valence-electron chi connectivity index (χ2n) is 3.36. The van der Waals surface area contributed by atoms with E-state index in [4.69, 9.17) is 0 Å². The van der Waals surface area contributed by atoms with E-state index in [0.717, 1.165) is 5.52 Å². The van der Waals surface area contributed by atoms with E-state index < -0.39 is 0 Å². The highest BCUT2D eigenvalue weighted by atomic mass is 35.5. The Morgan fingerprint density at radius 3 is 2.62 bits per heavy atom. The van der Waals surface area contributed by atoms with Crippen molar-refractivity contribution < 1.29 is 0 Å². The quantitative estimate of drug-likeness (QED) is 0.558. The predicted octanol–water partition coefficient (Wildman–Crippen LogP) is 2.27. The third-order valence-electron chi connectivity index (χ3n) is 2.43. The largest absolute Gasteiger partial charge is 0.268 e. The summed E-state index contributed by atoms with van der Waals surface area (Å²) in [5.74, 6) is 0. The van der Waals surface area contributed by atoms with Gasteiger partial charge in [0.2, 0.25) is 0 Å². The summed E-state index contributed by atoms with van der Waals surface area (Å²) in [5.41, 5.74) is 1.41. The molecule has 3 aromatic rings. The van der Waals surface area contributed by atoms with Crippen LogP contribution in [0, 0.1) is 0 Å². The summed E-state index contributed by atoms with van der Waals surface area (Å²) in [6, 6.07) is 12.9. The van der Waals surface area contributed by atoms with Gasteiger partial charge in [-0.05, 0) is 24.3 Å². The molecule has 0 N–H and O–H groups in total. The number of hydrogen-bond acceptors (Lipinski definition) is 2. The first kappa shape index (κ1) is 10.6. The first-order chi connectivity index (χ1) is 7.36. The number of rotatable bonds is 0. The summed E-state index contributed by atoms with van der Waals surface area (Å²) in [4.78, 5) is 16.4. The van der Waals surface area contributed by atoms with E-state index in [2.05, 4.69) is 4.98 Å². The molecule has 0 fully saturated rings. The monoisotopic (exact) mass is 232 g/mol. The SMILES string of the molecule is Cl.O=c1c2ccccc2nc2ccccn12. The molecule has 0 aliphatic rings. The van der Waals surface area contributed by atoms with E-state index in [1.54, 1.807) is 16.7 Å². The van der Waals surface area contributed by atoms with Crippen molar-refractivity contribution in [2.45, 2.75) is 0 Å². The van der Waals surface area contributed by atoms with Gasteiger partial charge in [0.25, 0.3) is 5.56 Å². The molecule has 0 aliphatic heterocycles. The molecule has 0 saturated carbocycles. The van der Waals surface area contributed by atoms with E-state index >= 15 is 0 Å². The Morgan fingerprint density at radius 1 is 1.00 bits per heavy atom. The lowest BCUT2D eigenvalue weighted by molar-refractivity contribution is 1.08. The van der Waals surface area contributed by atoms with Gasteiger partial charge >= 0.3 is 0 Å². The highest BCUT2D eigenvalue weighted by Crippen LogP contribution is 2.07. The Balaban J connectivity index is 0.000000963. The van der Waals surface area contributed by atoms with Crippen molar-refractivity contribution in [3.63, 3.8) is 0 Å². The molecule has 0 unspecified atom stereocenters. The minimum Gasteiger partial charge on any atom is -0.268 e. The van der Waals surface area contributed by atoms with Crippen molar-refractivity contribution in [3.8, 4) is 0 Å². The fraction of sp³-hybridized carbons (Fsp3) is 0. The number of benzene rings is 1. The molecule has 2 heterocycles. The standard InChI is InChI=1S/C12H8N2O.ClH/c15-12-9-5-1-2-6-10(9)13-11-7-3-4-8-14(11)12;/h1-8H;1H. The van der Waals surface area contributed by atoms with Crippen molar-refractivity contribution in [3.05, 3.63) is 59.0 Å². The lowest BCUT2D eigenvalue weighted by Gasteiger charge is -2.01. The highest BCUT2D eigenvalue weighted by Gasteiger charge is 2.02. The number of pyridine rings is 1. The van der Waals surface area contributed by atoms with Crippen molar-refractivity contribution in [1.29, 1.82) is 0 Å². The Kier molecular flexibility index (Phi) is 2.62. The molecule has 2 aromatic heterocycles. The van der Waals surface area contributed by atoms with Crippen LogP contribution in [0.25, 0.3) is 16.6 Å². The lowest BCUT2D eigenvalue weighted by Crippen LogP contribution is -2.14. The number of aromatic nitrogens is 2. The molecule has 0 aliphatic carbocycles. The fourth-order valence-electron chi connectivity index (χ4n) is 1.70. The first-order valence-corrected chi connectivity index (χ1v) is 4.72. The van der Waals surface area contributed by atoms with Crippen LogP contribution >= 0.6 is 12.4 Å². The smallest absolute Gasteiger partial charge is 0.265 e. The van der Waals surface area contributed by atoms with Crippen LogP contribution in [0.3, 0.4) is 0 Å². The van der Waals surface area contributed by atoms with Gasteiger partial charge < -0.3 is 0 Å². The van der Waals surface area contributed by atoms with E-state index in [-0.39, 0.29) is 18.0 Å². The number of nitrogens with zero attached hydrogens (tertiary/aromatic N) is 2. The fourth-order valence-corrected chi connectivity index (χ4v) is 1.70. The molecule has 0 amide bonds. The highest BCUT2D eigenvalue weighted by molar-refractivity contribution is 5.85. The Bertz CT molecular complexity index is 649. The van der Waals surface area contributed by atoms with Gasteiger partial charge in [-0.25, -0.2) is 4.98 Å². The minimum absolute atomic E-state index is 0. The minimum atomic E-state index is -0.0174. The summed E-state index contributed by atoms with van der Waals surface area (Å²) < 4.78 is 1.56. The zero-order valence-corrected chi connectivity index (χ0v) is 9.15. The topological polar surface area (TPSA) is 34.4 Å². The van der Waals surface area contributed by atoms with Crippen LogP contribution in [0.2, 0.25) is 0 Å². The summed E-state index contributed by atoms with van der Waals surface area (Å²) >= 11 is 0. The van der Waals surface area contributed by atoms with Gasteiger partial charge in [0.1, 0.15) is 5.65 Å². The zero-order chi connectivity index (χ0) is 10.3. The van der Waals surface area contributed by atoms with Crippen LogP contribution in [-0.2, 0) is 0 Å². The average molecular weight is 233 g/mol. The molecule has 0 atom stereocenters. The first-order valence-electron chi connectivity index (χ1n) is 4.72. The van der Waals surface area contributed by atoms with Gasteiger partial charge in [-0.1, -0.05) is 18.2 Å². The number of halogens is 1. The van der Waals surface area contributed by atoms with E-state index in [1.807, 2.05) is 36.4 Å². The maximum Gasteiger partial charge on any atom is 0.265 e. The number of para-hydroxylation sites is 1. The van der Waals surface area contributed by atoms with Crippen LogP contribution in [0.15, 0.2) is 53.5 Å². The van der Waals surface area contributed by atoms with Gasteiger partial charge in [-0.15, -0.1) is 12.4 Å². The number of hydrogen-bond donors (Lipinski definition) is 0. The number of fused-ring (bicyclic) bond motifs is 2. The van der Waals surface area contributed by atoms with E-state index in [1.165, 1.54) is 0 Å². The molecular formula is C12H9ClN2O. The molecule has 0 saturated heterocycles. The van der Waals surface area contributed by atoms with E-state index in [9.17, 15) is 4.79 Å². The van der Waals surface area contributed by atoms with Crippen LogP contribution in [0.1, 0.15) is 0 Å². The zero-order valence-electron chi connectivity index (χ0n) is 8.33. The molecule has 4 heteroatoms. The molecular weight excluding hydrogens is 224 g/mol. The van der Waals surface area contributed by atoms with Gasteiger partial charge in [-0.3, -0.25) is 9.20 Å². The van der Waals surface area contributed by atoms with Crippen molar-refractivity contribution in [1.82, 2.24) is 9.38 Å². The molecule has 3 nitrogen and oxygen atoms in total. The normalized spacial score (nSPS) is 10.2. The molecule has 16 heavy (non-hydrogen) atoms. The summed E-state index contributed by atoms with van der Waals surface area (Å²) in [7, 11) is 0. The Morgan fingerprint density at radius 2 is 1.75 bits per heavy atom. The summed E-state index contributed by atoms with van der Waals surface area (Å²) in [6.07, 6.45) is 1.73. The molecule has 3 rings (SSSR count). The van der Waals surface area contributed by atoms with Crippen LogP contribution in [-0.4, -0.2) is 9.38 Å². The predicted molar refractivity (Wildman–Crippen MR) is 66.2 cm³/mol. The van der Waals surface area contributed by atoms with Gasteiger partial charge in [0, 0.05) is 6.20 Å². The molecule has 0 radical (unpaired) electrons. The van der Waals surface area contributed by atoms with Gasteiger partial charge in [-0.2, -0.15) is 0 Å². The van der Waals surface area contributed by atoms with Gasteiger partial charge in [0.05, 0.1) is 10.9 Å². The van der Waals surface area contributed by atoms with Crippen LogP contribution < -0.4 is 5.56 Å². The lowest BCUT2D eigenvalue weighted by atomic mass is 10.2. The maximum atomic E-state index is 12.0. The summed E-state index contributed by atoms with van der Waals surface area (Å²) in [6.45, 7) is 0. The molecule has 0 bridgehead atoms. The maximum absolute atomic E-state index is 12.0. The second kappa shape index (κ2) is 3.94. The average Bonchev–Trinajstić information content (AvgIpc) is 2.30. The van der Waals surface area contributed by atoms with Crippen molar-refractivity contribution >= 4 is 29.0 Å². The second-order valence-corrected chi connectivity index (χ2v) is 3.36. The Labute approximate surface area is 97.8 Å². The molecule has 0 spiro atoms. The third-order valence-corrected chi connectivity index (χ3v) is 2.43. The third kappa shape index (κ3) is 1.46. The van der Waals surface area contributed by atoms with Crippen molar-refractivity contribution in [2.75, 3.05) is 0 Å². The van der Waals surface area contributed by atoms with E-state index in [0.29, 0.717) is 11.0 Å². The summed E-state index contributed by atoms with van der Waals surface area (Å²) in [5, 5.41) is 0.654. The van der Waals surface area contributed by atoms with Crippen LogP contribution in [0.5, 0.6) is 0 Å². The van der Waals surface area contributed by atoms with Gasteiger partial charge in [0.15, 0.2) is 0 Å². The Hall–Kier alpha value is -1.87.